The fourth-order valence-electron chi connectivity index (χ4n) is 4.21. The molecule has 1 amide bonds. The molecule has 1 saturated heterocycles. The van der Waals surface area contributed by atoms with Gasteiger partial charge in [-0.3, -0.25) is 9.69 Å². The molecule has 0 spiro atoms. The molecule has 0 atom stereocenters. The number of rotatable bonds is 8. The minimum Gasteiger partial charge on any atom is -0.369 e. The van der Waals surface area contributed by atoms with Gasteiger partial charge in [0.05, 0.1) is 5.69 Å². The van der Waals surface area contributed by atoms with Crippen molar-refractivity contribution in [3.8, 4) is 5.69 Å². The molecule has 2 heterocycles. The van der Waals surface area contributed by atoms with Gasteiger partial charge in [0.2, 0.25) is 0 Å². The van der Waals surface area contributed by atoms with Crippen molar-refractivity contribution >= 4 is 23.2 Å². The third-order valence-electron chi connectivity index (χ3n) is 5.89. The number of carbonyl (C=O) groups excluding carboxylic acids is 1. The zero-order chi connectivity index (χ0) is 23.2. The molecule has 33 heavy (non-hydrogen) atoms. The van der Waals surface area contributed by atoms with Crippen LogP contribution in [0.4, 0.5) is 5.69 Å². The minimum absolute atomic E-state index is 0.118. The smallest absolute Gasteiger partial charge is 0.271 e. The maximum absolute atomic E-state index is 12.8. The van der Waals surface area contributed by atoms with Crippen LogP contribution in [0.2, 0.25) is 5.02 Å². The lowest BCUT2D eigenvalue weighted by molar-refractivity contribution is 0.0942. The van der Waals surface area contributed by atoms with Crippen LogP contribution in [-0.4, -0.2) is 59.9 Å². The first-order valence-corrected chi connectivity index (χ1v) is 12.0. The fraction of sp³-hybridized carbons (Fsp3) is 0.385. The number of anilines is 1. The van der Waals surface area contributed by atoms with Crippen LogP contribution in [0.3, 0.4) is 0 Å². The zero-order valence-corrected chi connectivity index (χ0v) is 20.1. The highest BCUT2D eigenvalue weighted by Gasteiger charge is 2.19. The summed E-state index contributed by atoms with van der Waals surface area (Å²) in [4.78, 5) is 17.5. The van der Waals surface area contributed by atoms with Crippen LogP contribution in [0.15, 0.2) is 60.7 Å². The van der Waals surface area contributed by atoms with Gasteiger partial charge < -0.3 is 10.2 Å². The number of benzene rings is 2. The van der Waals surface area contributed by atoms with E-state index in [1.54, 1.807) is 0 Å². The number of amides is 1. The molecular formula is C26H32ClN5O. The lowest BCUT2D eigenvalue weighted by atomic mass is 10.1. The van der Waals surface area contributed by atoms with E-state index in [1.165, 1.54) is 5.69 Å². The molecule has 174 valence electrons. The Hall–Kier alpha value is -2.83. The Morgan fingerprint density at radius 3 is 2.42 bits per heavy atom. The summed E-state index contributed by atoms with van der Waals surface area (Å²) in [6.07, 6.45) is 0.867. The Morgan fingerprint density at radius 1 is 1.00 bits per heavy atom. The molecule has 0 radical (unpaired) electrons. The van der Waals surface area contributed by atoms with E-state index in [0.717, 1.165) is 55.5 Å². The third kappa shape index (κ3) is 6.15. The van der Waals surface area contributed by atoms with Crippen LogP contribution in [0.1, 0.15) is 30.0 Å². The molecule has 1 N–H and O–H groups in total. The van der Waals surface area contributed by atoms with Crippen molar-refractivity contribution < 1.29 is 4.79 Å². The summed E-state index contributed by atoms with van der Waals surface area (Å²) >= 11 is 6.13. The molecule has 1 aliphatic heterocycles. The number of piperazine rings is 1. The van der Waals surface area contributed by atoms with Gasteiger partial charge >= 0.3 is 0 Å². The van der Waals surface area contributed by atoms with Gasteiger partial charge in [-0.05, 0) is 48.7 Å². The Labute approximate surface area is 201 Å². The molecule has 1 aliphatic rings. The molecule has 0 saturated carbocycles. The number of nitrogens with one attached hydrogen (secondary N) is 1. The summed E-state index contributed by atoms with van der Waals surface area (Å²) in [5.41, 5.74) is 3.67. The van der Waals surface area contributed by atoms with E-state index >= 15 is 0 Å². The summed E-state index contributed by atoms with van der Waals surface area (Å²) in [6.45, 7) is 9.61. The predicted octanol–water partition coefficient (Wildman–Crippen LogP) is 4.28. The van der Waals surface area contributed by atoms with E-state index in [1.807, 2.05) is 59.3 Å². The minimum atomic E-state index is -0.118. The van der Waals surface area contributed by atoms with Crippen molar-refractivity contribution in [1.29, 1.82) is 0 Å². The lowest BCUT2D eigenvalue weighted by Crippen LogP contribution is -2.48. The van der Waals surface area contributed by atoms with E-state index in [2.05, 4.69) is 40.1 Å². The number of halogens is 1. The first-order chi connectivity index (χ1) is 16.0. The van der Waals surface area contributed by atoms with Gasteiger partial charge in [-0.25, -0.2) is 4.68 Å². The molecule has 4 rings (SSSR count). The van der Waals surface area contributed by atoms with Crippen molar-refractivity contribution in [2.45, 2.75) is 20.3 Å². The second-order valence-corrected chi connectivity index (χ2v) is 9.37. The van der Waals surface area contributed by atoms with Crippen LogP contribution < -0.4 is 10.2 Å². The topological polar surface area (TPSA) is 53.4 Å². The van der Waals surface area contributed by atoms with Crippen LogP contribution in [0.5, 0.6) is 0 Å². The SMILES string of the molecule is CC(C)Cc1cc(C(=O)NCCN2CCN(c3cccc(Cl)c3)CC2)nn1-c1ccccc1. The second-order valence-electron chi connectivity index (χ2n) is 8.93. The van der Waals surface area contributed by atoms with Gasteiger partial charge in [-0.15, -0.1) is 0 Å². The van der Waals surface area contributed by atoms with Crippen molar-refractivity contribution in [2.75, 3.05) is 44.2 Å². The van der Waals surface area contributed by atoms with Crippen LogP contribution in [0.25, 0.3) is 5.69 Å². The lowest BCUT2D eigenvalue weighted by Gasteiger charge is -2.36. The van der Waals surface area contributed by atoms with Crippen molar-refractivity contribution in [3.63, 3.8) is 0 Å². The van der Waals surface area contributed by atoms with E-state index in [9.17, 15) is 4.79 Å². The summed E-state index contributed by atoms with van der Waals surface area (Å²) in [7, 11) is 0. The third-order valence-corrected chi connectivity index (χ3v) is 6.13. The standard InChI is InChI=1S/C26H32ClN5O/c1-20(2)17-24-19-25(29-32(24)22-8-4-3-5-9-22)26(33)28-11-12-30-13-15-31(16-14-30)23-10-6-7-21(27)18-23/h3-10,18-20H,11-17H2,1-2H3,(H,28,33). The molecule has 3 aromatic rings. The molecule has 0 aliphatic carbocycles. The van der Waals surface area contributed by atoms with Crippen LogP contribution in [-0.2, 0) is 6.42 Å². The molecule has 7 heteroatoms. The molecule has 0 unspecified atom stereocenters. The summed E-state index contributed by atoms with van der Waals surface area (Å²) in [6, 6.07) is 19.9. The molecular weight excluding hydrogens is 434 g/mol. The zero-order valence-electron chi connectivity index (χ0n) is 19.4. The van der Waals surface area contributed by atoms with E-state index in [-0.39, 0.29) is 5.91 Å². The van der Waals surface area contributed by atoms with Gasteiger partial charge in [0, 0.05) is 55.7 Å². The highest BCUT2D eigenvalue weighted by atomic mass is 35.5. The van der Waals surface area contributed by atoms with E-state index in [4.69, 9.17) is 11.6 Å². The number of hydrogen-bond acceptors (Lipinski definition) is 4. The van der Waals surface area contributed by atoms with Gasteiger partial charge in [0.25, 0.3) is 5.91 Å². The van der Waals surface area contributed by atoms with Gasteiger partial charge in [0.1, 0.15) is 0 Å². The normalized spacial score (nSPS) is 14.6. The van der Waals surface area contributed by atoms with Crippen LogP contribution in [0, 0.1) is 5.92 Å². The van der Waals surface area contributed by atoms with E-state index < -0.39 is 0 Å². The summed E-state index contributed by atoms with van der Waals surface area (Å²) in [5.74, 6) is 0.359. The molecule has 6 nitrogen and oxygen atoms in total. The highest BCUT2D eigenvalue weighted by molar-refractivity contribution is 6.30. The number of aromatic nitrogens is 2. The Bertz CT molecular complexity index is 1060. The highest BCUT2D eigenvalue weighted by Crippen LogP contribution is 2.21. The maximum atomic E-state index is 12.8. The van der Waals surface area contributed by atoms with Crippen molar-refractivity contribution in [2.24, 2.45) is 5.92 Å². The first kappa shape index (κ1) is 23.3. The average molecular weight is 466 g/mol. The van der Waals surface area contributed by atoms with Crippen molar-refractivity contribution in [3.05, 3.63) is 77.1 Å². The Balaban J connectivity index is 1.30. The van der Waals surface area contributed by atoms with Gasteiger partial charge in [0.15, 0.2) is 5.69 Å². The number of hydrogen-bond donors (Lipinski definition) is 1. The quantitative estimate of drug-likeness (QED) is 0.539. The number of nitrogens with zero attached hydrogens (tertiary/aromatic N) is 4. The van der Waals surface area contributed by atoms with Crippen LogP contribution >= 0.6 is 11.6 Å². The summed E-state index contributed by atoms with van der Waals surface area (Å²) in [5, 5.41) is 8.44. The summed E-state index contributed by atoms with van der Waals surface area (Å²) < 4.78 is 1.89. The van der Waals surface area contributed by atoms with Crippen molar-refractivity contribution in [1.82, 2.24) is 20.0 Å². The van der Waals surface area contributed by atoms with Gasteiger partial charge in [-0.1, -0.05) is 49.7 Å². The molecule has 0 bridgehead atoms. The Morgan fingerprint density at radius 2 is 1.73 bits per heavy atom. The maximum Gasteiger partial charge on any atom is 0.271 e. The number of para-hydroxylation sites is 1. The molecule has 2 aromatic carbocycles. The predicted molar refractivity (Wildman–Crippen MR) is 135 cm³/mol. The van der Waals surface area contributed by atoms with Gasteiger partial charge in [-0.2, -0.15) is 5.10 Å². The largest absolute Gasteiger partial charge is 0.369 e. The molecule has 1 aromatic heterocycles. The van der Waals surface area contributed by atoms with E-state index in [0.29, 0.717) is 18.2 Å². The number of carbonyl (C=O) groups is 1. The fourth-order valence-corrected chi connectivity index (χ4v) is 4.39. The first-order valence-electron chi connectivity index (χ1n) is 11.6. The molecule has 1 fully saturated rings. The Kier molecular flexibility index (Phi) is 7.68. The monoisotopic (exact) mass is 465 g/mol. The second kappa shape index (κ2) is 10.9. The average Bonchev–Trinajstić information content (AvgIpc) is 3.23.